The van der Waals surface area contributed by atoms with Crippen molar-refractivity contribution in [2.75, 3.05) is 5.32 Å². The molecule has 1 amide bonds. The van der Waals surface area contributed by atoms with E-state index in [1.165, 1.54) is 23.8 Å². The monoisotopic (exact) mass is 512 g/mol. The Morgan fingerprint density at radius 2 is 1.81 bits per heavy atom. The molecule has 2 N–H and O–H groups in total. The van der Waals surface area contributed by atoms with Crippen molar-refractivity contribution in [3.05, 3.63) is 62.9 Å². The number of pyridine rings is 2. The van der Waals surface area contributed by atoms with Crippen LogP contribution in [0.4, 0.5) is 10.2 Å². The number of carbonyl (C=O) groups excluding carboxylic acids is 1. The molecule has 0 bridgehead atoms. The smallest absolute Gasteiger partial charge is 0.258 e. The molecular formula is C29H41FN4O3. The maximum Gasteiger partial charge on any atom is 0.258 e. The molecule has 2 heterocycles. The molecule has 8 heteroatoms. The number of carbonyl (C=O) groups is 1. The van der Waals surface area contributed by atoms with Gasteiger partial charge in [-0.2, -0.15) is 0 Å². The zero-order valence-electron chi connectivity index (χ0n) is 23.4. The Hall–Kier alpha value is -3.55. The van der Waals surface area contributed by atoms with E-state index >= 15 is 4.39 Å². The number of amides is 1. The first-order valence-corrected chi connectivity index (χ1v) is 12.9. The van der Waals surface area contributed by atoms with Gasteiger partial charge in [0.05, 0.1) is 11.2 Å². The minimum Gasteiger partial charge on any atom is -0.411 e. The third-order valence-corrected chi connectivity index (χ3v) is 5.90. The number of rotatable bonds is 8. The summed E-state index contributed by atoms with van der Waals surface area (Å²) < 4.78 is 17.2. The summed E-state index contributed by atoms with van der Waals surface area (Å²) in [6, 6.07) is 3.27. The Morgan fingerprint density at radius 3 is 2.27 bits per heavy atom. The predicted octanol–water partition coefficient (Wildman–Crippen LogP) is 7.31. The fraction of sp³-hybridized carbons (Fsp3) is 0.448. The number of oxime groups is 1. The summed E-state index contributed by atoms with van der Waals surface area (Å²) >= 11 is 0. The molecule has 0 saturated heterocycles. The first-order chi connectivity index (χ1) is 17.7. The number of aromatic nitrogens is 2. The van der Waals surface area contributed by atoms with Crippen LogP contribution < -0.4 is 10.9 Å². The molecule has 1 fully saturated rings. The molecule has 37 heavy (non-hydrogen) atoms. The SMILES string of the molecule is C1CC1.CC.C\C=C(/C(C)=C(F)\C(C(\CC)=N\O)=C(/C)CC)c1cc2cnc(NC=O)cc2n(C)c1=O. The molecule has 1 saturated carbocycles. The molecule has 0 aromatic carbocycles. The third-order valence-electron chi connectivity index (χ3n) is 5.90. The van der Waals surface area contributed by atoms with Crippen molar-refractivity contribution in [1.82, 2.24) is 9.55 Å². The van der Waals surface area contributed by atoms with Crippen molar-refractivity contribution in [3.8, 4) is 0 Å². The highest BCUT2D eigenvalue weighted by molar-refractivity contribution is 6.04. The van der Waals surface area contributed by atoms with Crippen LogP contribution in [0.2, 0.25) is 0 Å². The Morgan fingerprint density at radius 1 is 1.19 bits per heavy atom. The van der Waals surface area contributed by atoms with Crippen LogP contribution in [-0.2, 0) is 11.8 Å². The Balaban J connectivity index is 0.00000124. The highest BCUT2D eigenvalue weighted by Gasteiger charge is 2.21. The number of fused-ring (bicyclic) bond motifs is 1. The minimum absolute atomic E-state index is 0.252. The summed E-state index contributed by atoms with van der Waals surface area (Å²) in [6.45, 7) is 12.8. The molecule has 0 radical (unpaired) electrons. The van der Waals surface area contributed by atoms with Gasteiger partial charge in [0.25, 0.3) is 5.56 Å². The van der Waals surface area contributed by atoms with Crippen LogP contribution in [-0.4, -0.2) is 26.9 Å². The van der Waals surface area contributed by atoms with Gasteiger partial charge in [0.2, 0.25) is 6.41 Å². The number of allylic oxidation sites excluding steroid dienone is 6. The van der Waals surface area contributed by atoms with Crippen molar-refractivity contribution in [2.45, 2.75) is 80.6 Å². The van der Waals surface area contributed by atoms with E-state index in [1.54, 1.807) is 59.1 Å². The van der Waals surface area contributed by atoms with Crippen molar-refractivity contribution in [1.29, 1.82) is 0 Å². The van der Waals surface area contributed by atoms with Gasteiger partial charge in [-0.05, 0) is 50.8 Å². The molecule has 0 unspecified atom stereocenters. The second-order valence-corrected chi connectivity index (χ2v) is 8.42. The molecule has 0 spiro atoms. The lowest BCUT2D eigenvalue weighted by Gasteiger charge is -2.16. The van der Waals surface area contributed by atoms with E-state index in [2.05, 4.69) is 15.5 Å². The molecule has 1 aliphatic carbocycles. The first kappa shape index (κ1) is 31.5. The Labute approximate surface area is 219 Å². The predicted molar refractivity (Wildman–Crippen MR) is 152 cm³/mol. The second kappa shape index (κ2) is 15.5. The van der Waals surface area contributed by atoms with E-state index in [1.807, 2.05) is 20.8 Å². The Kier molecular flexibility index (Phi) is 13.2. The molecule has 1 aliphatic rings. The summed E-state index contributed by atoms with van der Waals surface area (Å²) in [5.74, 6) is -0.207. The standard InChI is InChI=1S/C24H29FN4O3.C3H6.C2H6/c1-7-14(4)22(19(9-3)28-32)23(25)15(5)17(8-2)18-10-16-12-26-21(27-13-30)11-20(16)29(6)24(18)31;1-2-3-1;1-2/h8,10-13,32H,7,9H2,1-6H3,(H,26,27,30);1-3H2;1-2H3/b17-8+,22-14+,23-15+,28-19+;;. The maximum atomic E-state index is 15.8. The number of halogens is 1. The van der Waals surface area contributed by atoms with Crippen molar-refractivity contribution in [3.63, 3.8) is 0 Å². The quantitative estimate of drug-likeness (QED) is 0.127. The van der Waals surface area contributed by atoms with Gasteiger partial charge in [-0.3, -0.25) is 9.59 Å². The van der Waals surface area contributed by atoms with Crippen molar-refractivity contribution < 1.29 is 14.4 Å². The molecular weight excluding hydrogens is 471 g/mol. The number of hydrogen-bond acceptors (Lipinski definition) is 5. The summed E-state index contributed by atoms with van der Waals surface area (Å²) in [5, 5.41) is 15.8. The van der Waals surface area contributed by atoms with Crippen LogP contribution in [0.3, 0.4) is 0 Å². The molecule has 2 aromatic heterocycles. The van der Waals surface area contributed by atoms with Gasteiger partial charge in [0, 0.05) is 35.8 Å². The first-order valence-electron chi connectivity index (χ1n) is 12.9. The number of nitrogens with zero attached hydrogens (tertiary/aromatic N) is 3. The lowest BCUT2D eigenvalue weighted by Crippen LogP contribution is -2.21. The molecule has 3 rings (SSSR count). The summed E-state index contributed by atoms with van der Waals surface area (Å²) in [4.78, 5) is 28.0. The fourth-order valence-corrected chi connectivity index (χ4v) is 3.61. The van der Waals surface area contributed by atoms with Gasteiger partial charge in [0.1, 0.15) is 11.6 Å². The zero-order valence-corrected chi connectivity index (χ0v) is 23.4. The van der Waals surface area contributed by atoms with Gasteiger partial charge in [-0.25, -0.2) is 9.37 Å². The molecule has 7 nitrogen and oxygen atoms in total. The van der Waals surface area contributed by atoms with Crippen LogP contribution in [0.25, 0.3) is 16.5 Å². The van der Waals surface area contributed by atoms with Crippen LogP contribution in [0, 0.1) is 0 Å². The molecule has 0 atom stereocenters. The third kappa shape index (κ3) is 7.97. The van der Waals surface area contributed by atoms with Gasteiger partial charge in [-0.1, -0.05) is 63.8 Å². The summed E-state index contributed by atoms with van der Waals surface area (Å²) in [6.07, 6.45) is 9.19. The zero-order chi connectivity index (χ0) is 28.1. The summed E-state index contributed by atoms with van der Waals surface area (Å²) in [5.41, 5.74) is 2.56. The molecule has 0 aliphatic heterocycles. The number of hydrogen-bond donors (Lipinski definition) is 2. The number of anilines is 1. The van der Waals surface area contributed by atoms with Crippen molar-refractivity contribution >= 4 is 34.4 Å². The number of nitrogens with one attached hydrogen (secondary N) is 1. The summed E-state index contributed by atoms with van der Waals surface area (Å²) in [7, 11) is 1.61. The topological polar surface area (TPSA) is 96.6 Å². The van der Waals surface area contributed by atoms with E-state index in [9.17, 15) is 14.8 Å². The Bertz CT molecular complexity index is 1270. The van der Waals surface area contributed by atoms with E-state index in [4.69, 9.17) is 0 Å². The van der Waals surface area contributed by atoms with Gasteiger partial charge >= 0.3 is 0 Å². The number of aryl methyl sites for hydroxylation is 1. The van der Waals surface area contributed by atoms with Crippen LogP contribution >= 0.6 is 0 Å². The fourth-order valence-electron chi connectivity index (χ4n) is 3.61. The van der Waals surface area contributed by atoms with Gasteiger partial charge in [-0.15, -0.1) is 0 Å². The maximum absolute atomic E-state index is 15.8. The molecule has 202 valence electrons. The van der Waals surface area contributed by atoms with Gasteiger partial charge < -0.3 is 15.1 Å². The average molecular weight is 513 g/mol. The average Bonchev–Trinajstić information content (AvgIpc) is 3.81. The normalized spacial score (nSPS) is 14.4. The highest BCUT2D eigenvalue weighted by atomic mass is 19.1. The van der Waals surface area contributed by atoms with E-state index in [-0.39, 0.29) is 22.4 Å². The van der Waals surface area contributed by atoms with E-state index in [0.717, 1.165) is 5.57 Å². The van der Waals surface area contributed by atoms with Gasteiger partial charge in [0.15, 0.2) is 0 Å². The largest absolute Gasteiger partial charge is 0.411 e. The molecule has 2 aromatic rings. The van der Waals surface area contributed by atoms with E-state index in [0.29, 0.717) is 47.1 Å². The lowest BCUT2D eigenvalue weighted by molar-refractivity contribution is -0.105. The highest BCUT2D eigenvalue weighted by Crippen LogP contribution is 2.32. The van der Waals surface area contributed by atoms with Crippen LogP contribution in [0.1, 0.15) is 86.1 Å². The van der Waals surface area contributed by atoms with Crippen LogP contribution in [0.15, 0.2) is 56.9 Å². The minimum atomic E-state index is -0.530. The van der Waals surface area contributed by atoms with E-state index < -0.39 is 5.83 Å². The lowest BCUT2D eigenvalue weighted by atomic mass is 9.92. The van der Waals surface area contributed by atoms with Crippen molar-refractivity contribution in [2.24, 2.45) is 12.2 Å². The van der Waals surface area contributed by atoms with Crippen LogP contribution in [0.5, 0.6) is 0 Å². The second-order valence-electron chi connectivity index (χ2n) is 8.42.